The molecule has 9 nitrogen and oxygen atoms in total. The van der Waals surface area contributed by atoms with Gasteiger partial charge in [-0.05, 0) is 49.6 Å². The number of amides is 1. The number of hydrogen-bond acceptors (Lipinski definition) is 7. The van der Waals surface area contributed by atoms with Crippen LogP contribution in [0.5, 0.6) is 0 Å². The second-order valence-electron chi connectivity index (χ2n) is 10.3. The maximum Gasteiger partial charge on any atom is 0.408 e. The van der Waals surface area contributed by atoms with Crippen molar-refractivity contribution in [2.45, 2.75) is 51.4 Å². The van der Waals surface area contributed by atoms with Crippen molar-refractivity contribution in [2.24, 2.45) is 15.9 Å². The van der Waals surface area contributed by atoms with Crippen LogP contribution in [0.3, 0.4) is 0 Å². The predicted octanol–water partition coefficient (Wildman–Crippen LogP) is 4.28. The summed E-state index contributed by atoms with van der Waals surface area (Å²) >= 11 is 0. The summed E-state index contributed by atoms with van der Waals surface area (Å²) in [6.07, 6.45) is -1.05. The highest BCUT2D eigenvalue weighted by atomic mass is 16.6. The number of aliphatic hydroxyl groups is 1. The molecule has 0 spiro atoms. The Kier molecular flexibility index (Phi) is 8.11. The number of carboxylic acid groups (broad SMARTS) is 1. The van der Waals surface area contributed by atoms with Crippen molar-refractivity contribution in [3.05, 3.63) is 101 Å². The Bertz CT molecular complexity index is 1420. The van der Waals surface area contributed by atoms with Gasteiger partial charge in [-0.1, -0.05) is 60.7 Å². The number of nitrogens with two attached hydrogens (primary N) is 1. The fraction of sp³-hybridized carbons (Fsp3) is 0.267. The van der Waals surface area contributed by atoms with Gasteiger partial charge in [0.25, 0.3) is 0 Å². The van der Waals surface area contributed by atoms with Gasteiger partial charge in [0.1, 0.15) is 17.4 Å². The molecule has 39 heavy (non-hydrogen) atoms. The lowest BCUT2D eigenvalue weighted by atomic mass is 9.85. The maximum atomic E-state index is 12.1. The van der Waals surface area contributed by atoms with Gasteiger partial charge >= 0.3 is 12.1 Å². The number of rotatable bonds is 5. The highest BCUT2D eigenvalue weighted by Gasteiger charge is 2.27. The molecule has 4 rings (SSSR count). The van der Waals surface area contributed by atoms with E-state index in [1.165, 1.54) is 0 Å². The minimum absolute atomic E-state index is 0.0645. The molecular weight excluding hydrogens is 496 g/mol. The summed E-state index contributed by atoms with van der Waals surface area (Å²) in [6.45, 7) is 5.12. The zero-order chi connectivity index (χ0) is 28.2. The molecule has 0 saturated carbocycles. The van der Waals surface area contributed by atoms with E-state index >= 15 is 0 Å². The molecule has 0 aliphatic heterocycles. The molecule has 202 valence electrons. The van der Waals surface area contributed by atoms with Gasteiger partial charge in [0, 0.05) is 24.0 Å². The van der Waals surface area contributed by atoms with Gasteiger partial charge in [-0.15, -0.1) is 0 Å². The van der Waals surface area contributed by atoms with Crippen molar-refractivity contribution >= 4 is 29.2 Å². The Morgan fingerprint density at radius 1 is 1.00 bits per heavy atom. The largest absolute Gasteiger partial charge is 0.480 e. The molecule has 0 bridgehead atoms. The van der Waals surface area contributed by atoms with Gasteiger partial charge in [0.05, 0.1) is 17.5 Å². The quantitative estimate of drug-likeness (QED) is 0.287. The van der Waals surface area contributed by atoms with E-state index in [0.717, 1.165) is 16.7 Å². The third-order valence-corrected chi connectivity index (χ3v) is 6.22. The first-order valence-electron chi connectivity index (χ1n) is 12.6. The second-order valence-corrected chi connectivity index (χ2v) is 10.3. The lowest BCUT2D eigenvalue weighted by molar-refractivity contribution is -0.139. The Morgan fingerprint density at radius 2 is 1.64 bits per heavy atom. The van der Waals surface area contributed by atoms with Crippen LogP contribution in [-0.2, 0) is 22.4 Å². The molecular formula is C30H32N4O5. The number of aliphatic carboxylic acids is 1. The van der Waals surface area contributed by atoms with Gasteiger partial charge in [0.15, 0.2) is 0 Å². The Hall–Kier alpha value is -4.50. The lowest BCUT2D eigenvalue weighted by Gasteiger charge is -2.23. The second kappa shape index (κ2) is 11.5. The van der Waals surface area contributed by atoms with Crippen molar-refractivity contribution in [3.8, 4) is 0 Å². The number of nitrogens with one attached hydrogen (secondary N) is 1. The number of alkyl carbamates (subject to hydrolysis) is 1. The molecule has 0 aromatic heterocycles. The van der Waals surface area contributed by atoms with Gasteiger partial charge < -0.3 is 26.1 Å². The number of nitrogens with zero attached hydrogens (tertiary/aromatic N) is 2. The zero-order valence-corrected chi connectivity index (χ0v) is 22.1. The van der Waals surface area contributed by atoms with Crippen LogP contribution >= 0.6 is 0 Å². The predicted molar refractivity (Wildman–Crippen MR) is 149 cm³/mol. The summed E-state index contributed by atoms with van der Waals surface area (Å²) in [5, 5.41) is 27.1. The van der Waals surface area contributed by atoms with Gasteiger partial charge in [-0.25, -0.2) is 14.6 Å². The van der Waals surface area contributed by atoms with Crippen LogP contribution in [0.1, 0.15) is 54.7 Å². The van der Waals surface area contributed by atoms with E-state index in [2.05, 4.69) is 10.4 Å². The zero-order valence-electron chi connectivity index (χ0n) is 22.1. The molecule has 0 saturated heterocycles. The van der Waals surface area contributed by atoms with E-state index < -0.39 is 29.8 Å². The summed E-state index contributed by atoms with van der Waals surface area (Å²) in [5.41, 5.74) is 4.72. The smallest absolute Gasteiger partial charge is 0.408 e. The van der Waals surface area contributed by atoms with Crippen molar-refractivity contribution in [3.63, 3.8) is 0 Å². The summed E-state index contributed by atoms with van der Waals surface area (Å²) in [4.78, 5) is 28.8. The molecule has 0 fully saturated rings. The number of fused-ring (bicyclic) bond motifs is 2. The minimum atomic E-state index is -1.17. The van der Waals surface area contributed by atoms with Crippen molar-refractivity contribution in [1.82, 2.24) is 5.32 Å². The molecule has 0 heterocycles. The van der Waals surface area contributed by atoms with E-state index in [9.17, 15) is 19.8 Å². The van der Waals surface area contributed by atoms with E-state index in [1.54, 1.807) is 45.0 Å². The number of carbonyl (C=O) groups is 2. The van der Waals surface area contributed by atoms with Crippen molar-refractivity contribution < 1.29 is 24.5 Å². The number of hydrogen-bond donors (Lipinski definition) is 4. The standard InChI is InChI=1S/C30H32N4O5/c1-30(2,3)39-29(38)33-24(28(36)37)16-18-12-14-20(15-13-18)32-26-21-9-5-4-8-19(21)17-25(35)22-10-6-7-11-23(22)27(26)34-31/h4-15,24-25,35H,16-17,31H2,1-3H3,(H,33,38)(H,36,37). The van der Waals surface area contributed by atoms with Crippen LogP contribution in [0.2, 0.25) is 0 Å². The highest BCUT2D eigenvalue weighted by molar-refractivity contribution is 6.54. The minimum Gasteiger partial charge on any atom is -0.480 e. The fourth-order valence-corrected chi connectivity index (χ4v) is 4.47. The van der Waals surface area contributed by atoms with Crippen LogP contribution in [0.4, 0.5) is 10.5 Å². The Labute approximate surface area is 227 Å². The van der Waals surface area contributed by atoms with Crippen LogP contribution in [0.15, 0.2) is 82.9 Å². The monoisotopic (exact) mass is 528 g/mol. The maximum absolute atomic E-state index is 12.1. The van der Waals surface area contributed by atoms with Crippen molar-refractivity contribution in [2.75, 3.05) is 0 Å². The molecule has 3 aromatic carbocycles. The molecule has 2 unspecified atom stereocenters. The van der Waals surface area contributed by atoms with E-state index in [1.807, 2.05) is 48.5 Å². The molecule has 5 N–H and O–H groups in total. The number of ether oxygens (including phenoxy) is 1. The molecule has 1 aliphatic carbocycles. The van der Waals surface area contributed by atoms with Crippen LogP contribution in [0, 0.1) is 0 Å². The summed E-state index contributed by atoms with van der Waals surface area (Å²) in [7, 11) is 0. The topological polar surface area (TPSA) is 147 Å². The molecule has 1 amide bonds. The summed E-state index contributed by atoms with van der Waals surface area (Å²) < 4.78 is 5.19. The lowest BCUT2D eigenvalue weighted by Crippen LogP contribution is -2.44. The van der Waals surface area contributed by atoms with Gasteiger partial charge in [-0.2, -0.15) is 5.10 Å². The third kappa shape index (κ3) is 6.69. The number of hydrazone groups is 1. The SMILES string of the molecule is CC(C)(C)OC(=O)NC(Cc1ccc(N=C2C(=NN)c3ccccc3C(O)Cc3ccccc32)cc1)C(=O)O. The van der Waals surface area contributed by atoms with Crippen LogP contribution in [-0.4, -0.2) is 45.3 Å². The van der Waals surface area contributed by atoms with E-state index in [4.69, 9.17) is 15.6 Å². The molecule has 1 aliphatic rings. The fourth-order valence-electron chi connectivity index (χ4n) is 4.47. The number of aliphatic imine (C=N–C) groups is 1. The first-order chi connectivity index (χ1) is 18.6. The molecule has 0 radical (unpaired) electrons. The number of aliphatic hydroxyl groups excluding tert-OH is 1. The van der Waals surface area contributed by atoms with Crippen LogP contribution < -0.4 is 11.2 Å². The van der Waals surface area contributed by atoms with Crippen molar-refractivity contribution in [1.29, 1.82) is 0 Å². The van der Waals surface area contributed by atoms with E-state index in [-0.39, 0.29) is 6.42 Å². The normalized spacial score (nSPS) is 17.9. The molecule has 9 heteroatoms. The highest BCUT2D eigenvalue weighted by Crippen LogP contribution is 2.30. The Morgan fingerprint density at radius 3 is 2.28 bits per heavy atom. The average Bonchev–Trinajstić information content (AvgIpc) is 2.88. The van der Waals surface area contributed by atoms with Gasteiger partial charge in [0.2, 0.25) is 0 Å². The van der Waals surface area contributed by atoms with Crippen LogP contribution in [0.25, 0.3) is 0 Å². The van der Waals surface area contributed by atoms with Gasteiger partial charge in [-0.3, -0.25) is 0 Å². The third-order valence-electron chi connectivity index (χ3n) is 6.22. The first-order valence-corrected chi connectivity index (χ1v) is 12.6. The number of carboxylic acids is 1. The van der Waals surface area contributed by atoms with E-state index in [0.29, 0.717) is 34.7 Å². The summed E-state index contributed by atoms with van der Waals surface area (Å²) in [6, 6.07) is 21.0. The molecule has 3 aromatic rings. The number of carbonyl (C=O) groups excluding carboxylic acids is 1. The first kappa shape index (κ1) is 27.5. The molecule has 2 atom stereocenters. The Balaban J connectivity index is 1.66. The number of benzene rings is 3. The average molecular weight is 529 g/mol. The summed E-state index contributed by atoms with van der Waals surface area (Å²) in [5.74, 6) is 4.73.